The first-order chi connectivity index (χ1) is 9.43. The van der Waals surface area contributed by atoms with E-state index in [1.807, 2.05) is 0 Å². The molecule has 0 aliphatic heterocycles. The second kappa shape index (κ2) is 8.11. The van der Waals surface area contributed by atoms with E-state index in [-0.39, 0.29) is 18.6 Å². The molecule has 0 saturated carbocycles. The number of urea groups is 1. The van der Waals surface area contributed by atoms with Gasteiger partial charge in [-0.25, -0.2) is 4.79 Å². The quantitative estimate of drug-likeness (QED) is 0.842. The van der Waals surface area contributed by atoms with E-state index in [0.717, 1.165) is 5.56 Å². The van der Waals surface area contributed by atoms with Crippen LogP contribution in [0.5, 0.6) is 5.75 Å². The number of halogens is 1. The molecule has 0 aromatic heterocycles. The molecule has 112 valence electrons. The Morgan fingerprint density at radius 3 is 2.80 bits per heavy atom. The topological polar surface area (TPSA) is 67.4 Å². The molecular formula is C13H19ClN2O3S. The molecule has 0 radical (unpaired) electrons. The Hall–Kier alpha value is -1.27. The summed E-state index contributed by atoms with van der Waals surface area (Å²) in [5, 5.41) is 5.95. The van der Waals surface area contributed by atoms with E-state index in [0.29, 0.717) is 16.5 Å². The summed E-state index contributed by atoms with van der Waals surface area (Å²) in [5.74, 6) is 1.04. The molecule has 0 saturated heterocycles. The van der Waals surface area contributed by atoms with Crippen molar-refractivity contribution in [3.8, 4) is 5.75 Å². The van der Waals surface area contributed by atoms with Gasteiger partial charge >= 0.3 is 6.03 Å². The van der Waals surface area contributed by atoms with Crippen LogP contribution in [-0.4, -0.2) is 35.4 Å². The van der Waals surface area contributed by atoms with Crippen molar-refractivity contribution in [1.82, 2.24) is 10.6 Å². The van der Waals surface area contributed by atoms with Gasteiger partial charge in [0.1, 0.15) is 5.75 Å². The van der Waals surface area contributed by atoms with Crippen LogP contribution in [0.25, 0.3) is 0 Å². The van der Waals surface area contributed by atoms with Crippen LogP contribution in [0.4, 0.5) is 4.79 Å². The fraction of sp³-hybridized carbons (Fsp3) is 0.462. The molecule has 0 heterocycles. The number of hydrogen-bond donors (Lipinski definition) is 2. The number of benzene rings is 1. The lowest BCUT2D eigenvalue weighted by Crippen LogP contribution is -2.42. The third kappa shape index (κ3) is 5.38. The molecule has 2 amide bonds. The van der Waals surface area contributed by atoms with Crippen molar-refractivity contribution < 1.29 is 13.7 Å². The molecule has 0 aliphatic carbocycles. The number of carbonyl (C=O) groups excluding carboxylic acids is 1. The molecule has 2 atom stereocenters. The summed E-state index contributed by atoms with van der Waals surface area (Å²) in [4.78, 5) is 11.7. The molecule has 2 N–H and O–H groups in total. The molecule has 0 spiro atoms. The Morgan fingerprint density at radius 1 is 1.50 bits per heavy atom. The van der Waals surface area contributed by atoms with Crippen molar-refractivity contribution >= 4 is 28.4 Å². The summed E-state index contributed by atoms with van der Waals surface area (Å²) in [5.41, 5.74) is 0.721. The van der Waals surface area contributed by atoms with Gasteiger partial charge in [0.25, 0.3) is 0 Å². The highest BCUT2D eigenvalue weighted by Crippen LogP contribution is 2.25. The van der Waals surface area contributed by atoms with Gasteiger partial charge in [-0.1, -0.05) is 17.7 Å². The Labute approximate surface area is 126 Å². The van der Waals surface area contributed by atoms with Crippen LogP contribution >= 0.6 is 11.6 Å². The first kappa shape index (κ1) is 16.8. The Balaban J connectivity index is 2.55. The number of amides is 2. The first-order valence-electron chi connectivity index (χ1n) is 6.09. The minimum atomic E-state index is -0.944. The van der Waals surface area contributed by atoms with Gasteiger partial charge in [-0.05, 0) is 19.1 Å². The molecule has 1 aromatic rings. The van der Waals surface area contributed by atoms with Gasteiger partial charge in [-0.2, -0.15) is 0 Å². The van der Waals surface area contributed by atoms with Crippen LogP contribution in [0.3, 0.4) is 0 Å². The standard InChI is InChI=1S/C13H19ClN2O3S/c1-9(8-20(3)18)16-13(17)15-7-10-11(14)5-4-6-12(10)19-2/h4-6,9H,7-8H2,1-3H3,(H2,15,16,17). The number of carbonyl (C=O) groups is 1. The van der Waals surface area contributed by atoms with E-state index in [1.165, 1.54) is 0 Å². The highest BCUT2D eigenvalue weighted by molar-refractivity contribution is 7.84. The van der Waals surface area contributed by atoms with Gasteiger partial charge in [0.05, 0.1) is 7.11 Å². The predicted octanol–water partition coefficient (Wildman–Crippen LogP) is 1.91. The fourth-order valence-corrected chi connectivity index (χ4v) is 2.76. The average Bonchev–Trinajstić information content (AvgIpc) is 2.35. The van der Waals surface area contributed by atoms with E-state index in [1.54, 1.807) is 38.5 Å². The van der Waals surface area contributed by atoms with Gasteiger partial charge in [0, 0.05) is 46.0 Å². The normalized spacial score (nSPS) is 13.4. The maximum absolute atomic E-state index is 11.7. The average molecular weight is 319 g/mol. The highest BCUT2D eigenvalue weighted by atomic mass is 35.5. The van der Waals surface area contributed by atoms with Gasteiger partial charge in [-0.15, -0.1) is 0 Å². The Bertz CT molecular complexity index is 497. The smallest absolute Gasteiger partial charge is 0.315 e. The molecule has 0 bridgehead atoms. The lowest BCUT2D eigenvalue weighted by atomic mass is 10.2. The number of methoxy groups -OCH3 is 1. The molecule has 1 rings (SSSR count). The van der Waals surface area contributed by atoms with Crippen LogP contribution in [0.1, 0.15) is 12.5 Å². The number of hydrogen-bond acceptors (Lipinski definition) is 3. The van der Waals surface area contributed by atoms with E-state index in [9.17, 15) is 9.00 Å². The third-order valence-corrected chi connectivity index (χ3v) is 3.91. The first-order valence-corrected chi connectivity index (χ1v) is 8.20. The largest absolute Gasteiger partial charge is 0.496 e. The molecule has 7 heteroatoms. The Kier molecular flexibility index (Phi) is 6.81. The van der Waals surface area contributed by atoms with E-state index >= 15 is 0 Å². The fourth-order valence-electron chi connectivity index (χ4n) is 1.74. The summed E-state index contributed by atoms with van der Waals surface area (Å²) in [6.07, 6.45) is 1.60. The van der Waals surface area contributed by atoms with Crippen LogP contribution in [0.15, 0.2) is 18.2 Å². The van der Waals surface area contributed by atoms with E-state index < -0.39 is 10.8 Å². The van der Waals surface area contributed by atoms with Crippen LogP contribution in [0.2, 0.25) is 5.02 Å². The maximum atomic E-state index is 11.7. The lowest BCUT2D eigenvalue weighted by Gasteiger charge is -2.15. The molecule has 20 heavy (non-hydrogen) atoms. The minimum absolute atomic E-state index is 0.158. The van der Waals surface area contributed by atoms with Crippen LogP contribution in [-0.2, 0) is 17.3 Å². The van der Waals surface area contributed by atoms with Crippen molar-refractivity contribution in [1.29, 1.82) is 0 Å². The number of nitrogens with one attached hydrogen (secondary N) is 2. The lowest BCUT2D eigenvalue weighted by molar-refractivity contribution is 0.238. The monoisotopic (exact) mass is 318 g/mol. The summed E-state index contributed by atoms with van der Waals surface area (Å²) in [7, 11) is 0.605. The van der Waals surface area contributed by atoms with E-state index in [4.69, 9.17) is 16.3 Å². The summed E-state index contributed by atoms with van der Waals surface area (Å²) in [6, 6.07) is 4.81. The van der Waals surface area contributed by atoms with Crippen LogP contribution in [0, 0.1) is 0 Å². The molecule has 0 aliphatic rings. The molecule has 1 aromatic carbocycles. The predicted molar refractivity (Wildman–Crippen MR) is 81.8 cm³/mol. The van der Waals surface area contributed by atoms with Crippen molar-refractivity contribution in [3.05, 3.63) is 28.8 Å². The van der Waals surface area contributed by atoms with Gasteiger partial charge in [-0.3, -0.25) is 4.21 Å². The molecule has 0 fully saturated rings. The zero-order valence-electron chi connectivity index (χ0n) is 11.7. The summed E-state index contributed by atoms with van der Waals surface area (Å²) in [6.45, 7) is 2.06. The number of rotatable bonds is 6. The zero-order chi connectivity index (χ0) is 15.1. The van der Waals surface area contributed by atoms with Gasteiger partial charge in [0.2, 0.25) is 0 Å². The maximum Gasteiger partial charge on any atom is 0.315 e. The second-order valence-corrected chi connectivity index (χ2v) is 6.28. The zero-order valence-corrected chi connectivity index (χ0v) is 13.3. The van der Waals surface area contributed by atoms with Crippen molar-refractivity contribution in [2.24, 2.45) is 0 Å². The van der Waals surface area contributed by atoms with E-state index in [2.05, 4.69) is 10.6 Å². The highest BCUT2D eigenvalue weighted by Gasteiger charge is 2.11. The van der Waals surface area contributed by atoms with Gasteiger partial charge < -0.3 is 15.4 Å². The molecule has 2 unspecified atom stereocenters. The molecule has 5 nitrogen and oxygen atoms in total. The third-order valence-electron chi connectivity index (χ3n) is 2.58. The molecular weight excluding hydrogens is 300 g/mol. The van der Waals surface area contributed by atoms with Gasteiger partial charge in [0.15, 0.2) is 0 Å². The van der Waals surface area contributed by atoms with Crippen molar-refractivity contribution in [2.45, 2.75) is 19.5 Å². The minimum Gasteiger partial charge on any atom is -0.496 e. The SMILES string of the molecule is COc1cccc(Cl)c1CNC(=O)NC(C)CS(C)=O. The summed E-state index contributed by atoms with van der Waals surface area (Å²) < 4.78 is 16.2. The van der Waals surface area contributed by atoms with Crippen LogP contribution < -0.4 is 15.4 Å². The van der Waals surface area contributed by atoms with Crippen molar-refractivity contribution in [2.75, 3.05) is 19.1 Å². The summed E-state index contributed by atoms with van der Waals surface area (Å²) >= 11 is 6.07. The second-order valence-electron chi connectivity index (χ2n) is 4.39. The number of ether oxygens (including phenoxy) is 1. The Morgan fingerprint density at radius 2 is 2.20 bits per heavy atom. The van der Waals surface area contributed by atoms with Crippen molar-refractivity contribution in [3.63, 3.8) is 0 Å².